The Balaban J connectivity index is 1.56. The number of imidazole rings is 1. The molecular weight excluding hydrogens is 556 g/mol. The number of nitrogens with zero attached hydrogens (tertiary/aromatic N) is 2. The normalized spacial score (nSPS) is 16.8. The molecule has 0 fully saturated rings. The topological polar surface area (TPSA) is 17.8 Å². The predicted octanol–water partition coefficient (Wildman–Crippen LogP) is 15.3. The van der Waals surface area contributed by atoms with Crippen LogP contribution in [0.25, 0.3) is 0 Å². The molecule has 0 amide bonds. The second-order valence-corrected chi connectivity index (χ2v) is 15.2. The number of aromatic nitrogens is 2. The lowest BCUT2D eigenvalue weighted by Crippen LogP contribution is -2.29. The van der Waals surface area contributed by atoms with Crippen LogP contribution in [0.1, 0.15) is 238 Å². The summed E-state index contributed by atoms with van der Waals surface area (Å²) < 4.78 is 2.54. The standard InChI is InChI=1S/C44H80N2/c1-4-6-8-10-12-14-16-18-19-20-22-24-26-28-30-33-37-44(38-34-31-35-39-44)43-45-40-41-46(43)42(3)36-32-29-27-25-23-21-17-15-13-11-9-7-5-2/h31,34-35,38,40-42H,4-30,32-33,36-37,39H2,1-3H3. The molecule has 2 rings (SSSR count). The van der Waals surface area contributed by atoms with Crippen LogP contribution in [0.15, 0.2) is 36.7 Å². The average Bonchev–Trinajstić information content (AvgIpc) is 3.58. The van der Waals surface area contributed by atoms with E-state index in [0.29, 0.717) is 6.04 Å². The number of hydrogen-bond acceptors (Lipinski definition) is 1. The van der Waals surface area contributed by atoms with Crippen LogP contribution in [0.5, 0.6) is 0 Å². The summed E-state index contributed by atoms with van der Waals surface area (Å²) in [6.07, 6.45) is 58.7. The highest BCUT2D eigenvalue weighted by atomic mass is 15.1. The average molecular weight is 637 g/mol. The smallest absolute Gasteiger partial charge is 0.119 e. The van der Waals surface area contributed by atoms with E-state index < -0.39 is 0 Å². The molecule has 46 heavy (non-hydrogen) atoms. The summed E-state index contributed by atoms with van der Waals surface area (Å²) in [4.78, 5) is 5.02. The molecule has 1 aromatic rings. The van der Waals surface area contributed by atoms with Crippen molar-refractivity contribution >= 4 is 0 Å². The van der Waals surface area contributed by atoms with E-state index >= 15 is 0 Å². The van der Waals surface area contributed by atoms with Crippen molar-refractivity contribution in [3.8, 4) is 0 Å². The maximum absolute atomic E-state index is 5.02. The van der Waals surface area contributed by atoms with Gasteiger partial charge in [0.1, 0.15) is 5.82 Å². The van der Waals surface area contributed by atoms with E-state index in [1.807, 2.05) is 0 Å². The van der Waals surface area contributed by atoms with Crippen molar-refractivity contribution in [1.82, 2.24) is 9.55 Å². The molecule has 1 aliphatic carbocycles. The molecule has 0 aliphatic heterocycles. The second kappa shape index (κ2) is 28.7. The van der Waals surface area contributed by atoms with Crippen molar-refractivity contribution in [1.29, 1.82) is 0 Å². The first kappa shape index (κ1) is 40.9. The summed E-state index contributed by atoms with van der Waals surface area (Å²) in [6, 6.07) is 0.534. The highest BCUT2D eigenvalue weighted by molar-refractivity contribution is 5.29. The van der Waals surface area contributed by atoms with Gasteiger partial charge in [0.2, 0.25) is 0 Å². The SMILES string of the molecule is CCCCCCCCCCCCCCCCCCC1(c2nccn2C(C)CCCCCCCCCCCCCCC)C=CC=CC1. The minimum absolute atomic E-state index is 0.0819. The highest BCUT2D eigenvalue weighted by Crippen LogP contribution is 2.38. The van der Waals surface area contributed by atoms with Crippen molar-refractivity contribution in [2.45, 2.75) is 238 Å². The summed E-state index contributed by atoms with van der Waals surface area (Å²) >= 11 is 0. The Kier molecular flexibility index (Phi) is 25.5. The van der Waals surface area contributed by atoms with Gasteiger partial charge in [0.15, 0.2) is 0 Å². The Labute approximate surface area is 289 Å². The molecule has 0 saturated heterocycles. The van der Waals surface area contributed by atoms with E-state index in [1.54, 1.807) is 0 Å². The van der Waals surface area contributed by atoms with Gasteiger partial charge in [-0.25, -0.2) is 4.98 Å². The van der Waals surface area contributed by atoms with Gasteiger partial charge in [-0.2, -0.15) is 0 Å². The van der Waals surface area contributed by atoms with Gasteiger partial charge in [0.25, 0.3) is 0 Å². The van der Waals surface area contributed by atoms with Crippen molar-refractivity contribution in [2.24, 2.45) is 0 Å². The van der Waals surface area contributed by atoms with Crippen molar-refractivity contribution < 1.29 is 0 Å². The fraction of sp³-hybridized carbons (Fsp3) is 0.841. The summed E-state index contributed by atoms with van der Waals surface area (Å²) in [7, 11) is 0. The van der Waals surface area contributed by atoms with E-state index in [0.717, 1.165) is 6.42 Å². The molecule has 2 unspecified atom stereocenters. The van der Waals surface area contributed by atoms with Gasteiger partial charge in [-0.1, -0.05) is 224 Å². The number of hydrogen-bond donors (Lipinski definition) is 0. The fourth-order valence-corrected chi connectivity index (χ4v) is 7.77. The first-order valence-electron chi connectivity index (χ1n) is 21.1. The molecule has 0 radical (unpaired) electrons. The minimum Gasteiger partial charge on any atom is -0.331 e. The zero-order valence-electron chi connectivity index (χ0n) is 31.6. The molecule has 1 heterocycles. The molecule has 1 aliphatic rings. The Morgan fingerprint density at radius 3 is 1.39 bits per heavy atom. The zero-order chi connectivity index (χ0) is 32.8. The number of rotatable bonds is 33. The van der Waals surface area contributed by atoms with E-state index in [-0.39, 0.29) is 5.41 Å². The first-order chi connectivity index (χ1) is 22.7. The van der Waals surface area contributed by atoms with Gasteiger partial charge in [0, 0.05) is 18.4 Å². The number of unbranched alkanes of at least 4 members (excludes halogenated alkanes) is 27. The van der Waals surface area contributed by atoms with Crippen LogP contribution in [0.2, 0.25) is 0 Å². The molecule has 2 heteroatoms. The lowest BCUT2D eigenvalue weighted by Gasteiger charge is -2.33. The van der Waals surface area contributed by atoms with E-state index in [1.165, 1.54) is 205 Å². The summed E-state index contributed by atoms with van der Waals surface area (Å²) in [5.74, 6) is 1.32. The van der Waals surface area contributed by atoms with Crippen LogP contribution in [0.3, 0.4) is 0 Å². The Morgan fingerprint density at radius 2 is 0.978 bits per heavy atom. The van der Waals surface area contributed by atoms with Crippen molar-refractivity contribution in [3.05, 3.63) is 42.5 Å². The molecule has 0 N–H and O–H groups in total. The van der Waals surface area contributed by atoms with Crippen LogP contribution >= 0.6 is 0 Å². The lowest BCUT2D eigenvalue weighted by molar-refractivity contribution is 0.380. The summed E-state index contributed by atoms with van der Waals surface area (Å²) in [6.45, 7) is 7.04. The summed E-state index contributed by atoms with van der Waals surface area (Å²) in [5, 5.41) is 0. The molecule has 0 spiro atoms. The maximum atomic E-state index is 5.02. The lowest BCUT2D eigenvalue weighted by atomic mass is 9.76. The van der Waals surface area contributed by atoms with Crippen LogP contribution in [0.4, 0.5) is 0 Å². The third-order valence-corrected chi connectivity index (χ3v) is 10.9. The van der Waals surface area contributed by atoms with Crippen molar-refractivity contribution in [2.75, 3.05) is 0 Å². The third kappa shape index (κ3) is 18.9. The van der Waals surface area contributed by atoms with Crippen LogP contribution in [-0.2, 0) is 5.41 Å². The largest absolute Gasteiger partial charge is 0.331 e. The predicted molar refractivity (Wildman–Crippen MR) is 206 cm³/mol. The Hall–Kier alpha value is -1.31. The van der Waals surface area contributed by atoms with Gasteiger partial charge in [0.05, 0.1) is 5.41 Å². The van der Waals surface area contributed by atoms with Gasteiger partial charge in [-0.3, -0.25) is 0 Å². The highest BCUT2D eigenvalue weighted by Gasteiger charge is 2.34. The van der Waals surface area contributed by atoms with Crippen molar-refractivity contribution in [3.63, 3.8) is 0 Å². The van der Waals surface area contributed by atoms with Gasteiger partial charge in [-0.15, -0.1) is 0 Å². The third-order valence-electron chi connectivity index (χ3n) is 10.9. The molecule has 2 atom stereocenters. The molecule has 266 valence electrons. The van der Waals surface area contributed by atoms with E-state index in [4.69, 9.17) is 4.98 Å². The summed E-state index contributed by atoms with van der Waals surface area (Å²) in [5.41, 5.74) is 0.0819. The quantitative estimate of drug-likeness (QED) is 0.0702. The van der Waals surface area contributed by atoms with E-state index in [2.05, 4.69) is 62.0 Å². The van der Waals surface area contributed by atoms with Gasteiger partial charge >= 0.3 is 0 Å². The van der Waals surface area contributed by atoms with E-state index in [9.17, 15) is 0 Å². The Morgan fingerprint density at radius 1 is 0.565 bits per heavy atom. The molecular formula is C44H80N2. The molecule has 2 nitrogen and oxygen atoms in total. The monoisotopic (exact) mass is 637 g/mol. The van der Waals surface area contributed by atoms with Crippen LogP contribution in [0, 0.1) is 0 Å². The molecule has 1 aromatic heterocycles. The zero-order valence-corrected chi connectivity index (χ0v) is 31.6. The van der Waals surface area contributed by atoms with Crippen LogP contribution < -0.4 is 0 Å². The Bertz CT molecular complexity index is 850. The number of allylic oxidation sites excluding steroid dienone is 4. The molecule has 0 saturated carbocycles. The fourth-order valence-electron chi connectivity index (χ4n) is 7.77. The molecule has 0 bridgehead atoms. The minimum atomic E-state index is 0.0819. The van der Waals surface area contributed by atoms with Gasteiger partial charge in [-0.05, 0) is 26.2 Å². The van der Waals surface area contributed by atoms with Crippen LogP contribution in [-0.4, -0.2) is 9.55 Å². The van der Waals surface area contributed by atoms with Gasteiger partial charge < -0.3 is 4.57 Å². The second-order valence-electron chi connectivity index (χ2n) is 15.2. The molecule has 0 aromatic carbocycles. The first-order valence-corrected chi connectivity index (χ1v) is 21.1. The maximum Gasteiger partial charge on any atom is 0.119 e.